The molecule has 1 heterocycles. The lowest BCUT2D eigenvalue weighted by Crippen LogP contribution is -2.29. The van der Waals surface area contributed by atoms with Crippen molar-refractivity contribution >= 4 is 23.4 Å². The number of hydrogen-bond acceptors (Lipinski definition) is 1. The summed E-state index contributed by atoms with van der Waals surface area (Å²) in [5.41, 5.74) is 1.25. The van der Waals surface area contributed by atoms with Crippen LogP contribution in [0, 0.1) is 0 Å². The van der Waals surface area contributed by atoms with Crippen LogP contribution in [0.2, 0.25) is 5.02 Å². The molecule has 0 atom stereocenters. The Morgan fingerprint density at radius 2 is 2.06 bits per heavy atom. The topological polar surface area (TPSA) is 3.88 Å². The molecule has 2 aromatic rings. The predicted octanol–water partition coefficient (Wildman–Crippen LogP) is 3.46. The van der Waals surface area contributed by atoms with Crippen molar-refractivity contribution in [2.45, 2.75) is 10.8 Å². The molecule has 0 aliphatic rings. The second-order valence-electron chi connectivity index (χ2n) is 3.57. The van der Waals surface area contributed by atoms with Crippen molar-refractivity contribution < 1.29 is 4.57 Å². The van der Waals surface area contributed by atoms with E-state index >= 15 is 0 Å². The minimum Gasteiger partial charge on any atom is -0.196 e. The molecule has 0 fully saturated rings. The van der Waals surface area contributed by atoms with Crippen LogP contribution in [-0.4, -0.2) is 0 Å². The average Bonchev–Trinajstić information content (AvgIpc) is 2.28. The first kappa shape index (κ1) is 11.5. The molecule has 0 saturated heterocycles. The summed E-state index contributed by atoms with van der Waals surface area (Å²) >= 11 is 7.76. The van der Waals surface area contributed by atoms with Crippen LogP contribution in [0.4, 0.5) is 0 Å². The molecule has 0 aliphatic carbocycles. The number of pyridine rings is 1. The maximum Gasteiger partial charge on any atom is 0.240 e. The van der Waals surface area contributed by atoms with Gasteiger partial charge in [-0.15, -0.1) is 0 Å². The van der Waals surface area contributed by atoms with Crippen molar-refractivity contribution in [3.63, 3.8) is 0 Å². The fourth-order valence-corrected chi connectivity index (χ4v) is 2.59. The summed E-state index contributed by atoms with van der Waals surface area (Å²) in [5.74, 6) is 0.943. The summed E-state index contributed by atoms with van der Waals surface area (Å²) in [6, 6.07) is 14.2. The Kier molecular flexibility index (Phi) is 3.86. The maximum absolute atomic E-state index is 5.94. The highest BCUT2D eigenvalue weighted by Crippen LogP contribution is 2.21. The fourth-order valence-electron chi connectivity index (χ4n) is 1.44. The van der Waals surface area contributed by atoms with Gasteiger partial charge in [-0.1, -0.05) is 35.5 Å². The van der Waals surface area contributed by atoms with Gasteiger partial charge in [0.15, 0.2) is 6.20 Å². The van der Waals surface area contributed by atoms with Crippen molar-refractivity contribution in [2.24, 2.45) is 7.05 Å². The van der Waals surface area contributed by atoms with Crippen LogP contribution >= 0.6 is 23.4 Å². The molecular weight excluding hydrogens is 238 g/mol. The van der Waals surface area contributed by atoms with E-state index in [1.807, 2.05) is 36.0 Å². The largest absolute Gasteiger partial charge is 0.240 e. The molecule has 82 valence electrons. The van der Waals surface area contributed by atoms with Gasteiger partial charge < -0.3 is 0 Å². The molecule has 1 aromatic heterocycles. The molecule has 0 radical (unpaired) electrons. The molecule has 0 bridgehead atoms. The van der Waals surface area contributed by atoms with Crippen LogP contribution in [0.5, 0.6) is 0 Å². The lowest BCUT2D eigenvalue weighted by molar-refractivity contribution is -0.708. The van der Waals surface area contributed by atoms with Crippen molar-refractivity contribution in [1.29, 1.82) is 0 Å². The SMILES string of the molecule is C[n+]1ccccc1SCc1cccc(Cl)c1. The van der Waals surface area contributed by atoms with Crippen molar-refractivity contribution in [3.8, 4) is 0 Å². The van der Waals surface area contributed by atoms with Crippen molar-refractivity contribution in [2.75, 3.05) is 0 Å². The Balaban J connectivity index is 2.05. The molecule has 2 rings (SSSR count). The molecule has 3 heteroatoms. The molecule has 1 nitrogen and oxygen atoms in total. The van der Waals surface area contributed by atoms with Gasteiger partial charge in [0, 0.05) is 22.9 Å². The second kappa shape index (κ2) is 5.37. The fraction of sp³-hybridized carbons (Fsp3) is 0.154. The highest BCUT2D eigenvalue weighted by atomic mass is 35.5. The van der Waals surface area contributed by atoms with Gasteiger partial charge in [0.1, 0.15) is 7.05 Å². The first-order valence-electron chi connectivity index (χ1n) is 5.07. The predicted molar refractivity (Wildman–Crippen MR) is 68.6 cm³/mol. The average molecular weight is 251 g/mol. The highest BCUT2D eigenvalue weighted by molar-refractivity contribution is 7.98. The Morgan fingerprint density at radius 1 is 1.19 bits per heavy atom. The normalized spacial score (nSPS) is 10.4. The Hall–Kier alpha value is -0.990. The number of benzene rings is 1. The van der Waals surface area contributed by atoms with Gasteiger partial charge in [-0.3, -0.25) is 0 Å². The zero-order valence-electron chi connectivity index (χ0n) is 9.06. The van der Waals surface area contributed by atoms with Gasteiger partial charge in [0.05, 0.1) is 0 Å². The second-order valence-corrected chi connectivity index (χ2v) is 5.00. The zero-order valence-corrected chi connectivity index (χ0v) is 10.6. The zero-order chi connectivity index (χ0) is 11.4. The molecule has 0 unspecified atom stereocenters. The third-order valence-corrected chi connectivity index (χ3v) is 3.72. The van der Waals surface area contributed by atoms with E-state index in [0.29, 0.717) is 0 Å². The van der Waals surface area contributed by atoms with Gasteiger partial charge >= 0.3 is 0 Å². The molecule has 1 aromatic carbocycles. The first-order chi connectivity index (χ1) is 7.75. The summed E-state index contributed by atoms with van der Waals surface area (Å²) in [6.45, 7) is 0. The Morgan fingerprint density at radius 3 is 2.81 bits per heavy atom. The van der Waals surface area contributed by atoms with Crippen LogP contribution < -0.4 is 4.57 Å². The number of thioether (sulfide) groups is 1. The molecule has 0 N–H and O–H groups in total. The third kappa shape index (κ3) is 3.00. The maximum atomic E-state index is 5.94. The van der Waals surface area contributed by atoms with E-state index in [4.69, 9.17) is 11.6 Å². The monoisotopic (exact) mass is 250 g/mol. The number of aryl methyl sites for hydroxylation is 1. The molecular formula is C13H13ClNS+. The minimum atomic E-state index is 0.801. The third-order valence-electron chi connectivity index (χ3n) is 2.28. The summed E-state index contributed by atoms with van der Waals surface area (Å²) in [6.07, 6.45) is 2.06. The van der Waals surface area contributed by atoms with E-state index in [0.717, 1.165) is 10.8 Å². The van der Waals surface area contributed by atoms with Crippen molar-refractivity contribution in [3.05, 3.63) is 59.2 Å². The van der Waals surface area contributed by atoms with Crippen molar-refractivity contribution in [1.82, 2.24) is 0 Å². The number of aromatic nitrogens is 1. The van der Waals surface area contributed by atoms with E-state index in [1.54, 1.807) is 0 Å². The van der Waals surface area contributed by atoms with Gasteiger partial charge in [0.25, 0.3) is 0 Å². The van der Waals surface area contributed by atoms with Crippen LogP contribution in [0.1, 0.15) is 5.56 Å². The lowest BCUT2D eigenvalue weighted by atomic mass is 10.2. The van der Waals surface area contributed by atoms with Gasteiger partial charge in [-0.05, 0) is 23.8 Å². The van der Waals surface area contributed by atoms with E-state index in [1.165, 1.54) is 10.6 Å². The molecule has 0 aliphatic heterocycles. The molecule has 16 heavy (non-hydrogen) atoms. The Labute approximate surface area is 105 Å². The number of nitrogens with zero attached hydrogens (tertiary/aromatic N) is 1. The van der Waals surface area contributed by atoms with Crippen LogP contribution in [0.15, 0.2) is 53.7 Å². The van der Waals surface area contributed by atoms with Crippen LogP contribution in [0.3, 0.4) is 0 Å². The minimum absolute atomic E-state index is 0.801. The molecule has 0 amide bonds. The van der Waals surface area contributed by atoms with Gasteiger partial charge in [0.2, 0.25) is 5.03 Å². The molecule has 0 spiro atoms. The van der Waals surface area contributed by atoms with E-state index in [2.05, 4.69) is 36.0 Å². The first-order valence-corrected chi connectivity index (χ1v) is 6.44. The summed E-state index contributed by atoms with van der Waals surface area (Å²) in [4.78, 5) is 0. The van der Waals surface area contributed by atoms with Gasteiger partial charge in [-0.25, -0.2) is 0 Å². The van der Waals surface area contributed by atoms with Gasteiger partial charge in [-0.2, -0.15) is 4.57 Å². The Bertz CT molecular complexity index is 485. The van der Waals surface area contributed by atoms with E-state index in [9.17, 15) is 0 Å². The summed E-state index contributed by atoms with van der Waals surface area (Å²) in [7, 11) is 2.06. The van der Waals surface area contributed by atoms with E-state index in [-0.39, 0.29) is 0 Å². The van der Waals surface area contributed by atoms with Crippen LogP contribution in [-0.2, 0) is 12.8 Å². The number of halogens is 1. The van der Waals surface area contributed by atoms with E-state index < -0.39 is 0 Å². The number of rotatable bonds is 3. The summed E-state index contributed by atoms with van der Waals surface area (Å²) < 4.78 is 2.12. The lowest BCUT2D eigenvalue weighted by Gasteiger charge is -2.00. The highest BCUT2D eigenvalue weighted by Gasteiger charge is 2.05. The standard InChI is InChI=1S/C13H13ClNS/c1-15-8-3-2-7-13(15)16-10-11-5-4-6-12(14)9-11/h2-9H,10H2,1H3/q+1. The van der Waals surface area contributed by atoms with Crippen LogP contribution in [0.25, 0.3) is 0 Å². The number of hydrogen-bond donors (Lipinski definition) is 0. The smallest absolute Gasteiger partial charge is 0.196 e. The summed E-state index contributed by atoms with van der Waals surface area (Å²) in [5, 5.41) is 2.05. The molecule has 0 saturated carbocycles. The quantitative estimate of drug-likeness (QED) is 0.596.